The Morgan fingerprint density at radius 1 is 1.00 bits per heavy atom. The van der Waals surface area contributed by atoms with Gasteiger partial charge in [-0.15, -0.1) is 0 Å². The van der Waals surface area contributed by atoms with Gasteiger partial charge in [0, 0.05) is 42.8 Å². The first-order valence-corrected chi connectivity index (χ1v) is 8.18. The Morgan fingerprint density at radius 2 is 1.83 bits per heavy atom. The summed E-state index contributed by atoms with van der Waals surface area (Å²) in [5.41, 5.74) is 5.88. The van der Waals surface area contributed by atoms with Crippen molar-refractivity contribution in [3.63, 3.8) is 0 Å². The predicted octanol–water partition coefficient (Wildman–Crippen LogP) is 4.12. The van der Waals surface area contributed by atoms with E-state index in [0.29, 0.717) is 0 Å². The molecule has 124 valence electrons. The van der Waals surface area contributed by atoms with E-state index in [0.717, 1.165) is 41.4 Å². The fraction of sp³-hybridized carbons (Fsp3) is 0.300. The van der Waals surface area contributed by atoms with E-state index in [1.54, 1.807) is 7.11 Å². The molecule has 0 radical (unpaired) electrons. The second-order valence-electron chi connectivity index (χ2n) is 6.03. The molecule has 4 heteroatoms. The zero-order valence-electron chi connectivity index (χ0n) is 14.7. The van der Waals surface area contributed by atoms with E-state index in [-0.39, 0.29) is 0 Å². The van der Waals surface area contributed by atoms with Gasteiger partial charge in [-0.2, -0.15) is 0 Å². The standard InChI is InChI=1S/C20H23N3O/c1-14-6-5-10-21-18(14)9-12-23-13-11-22-20(23)17-7-8-19(24-4)16(3)15(17)2/h5-8,10-11,13H,9,12H2,1-4H3. The Kier molecular flexibility index (Phi) is 4.65. The molecular weight excluding hydrogens is 298 g/mol. The van der Waals surface area contributed by atoms with Crippen LogP contribution in [-0.2, 0) is 13.0 Å². The Hall–Kier alpha value is -2.62. The van der Waals surface area contributed by atoms with E-state index >= 15 is 0 Å². The lowest BCUT2D eigenvalue weighted by Gasteiger charge is -2.14. The van der Waals surface area contributed by atoms with Gasteiger partial charge in [-0.05, 0) is 55.7 Å². The Morgan fingerprint density at radius 3 is 2.58 bits per heavy atom. The molecule has 2 aromatic heterocycles. The number of methoxy groups -OCH3 is 1. The highest BCUT2D eigenvalue weighted by molar-refractivity contribution is 5.65. The second kappa shape index (κ2) is 6.87. The molecule has 4 nitrogen and oxygen atoms in total. The molecule has 0 spiro atoms. The smallest absolute Gasteiger partial charge is 0.140 e. The van der Waals surface area contributed by atoms with Crippen LogP contribution >= 0.6 is 0 Å². The van der Waals surface area contributed by atoms with Gasteiger partial charge in [0.15, 0.2) is 0 Å². The van der Waals surface area contributed by atoms with Crippen LogP contribution in [0.3, 0.4) is 0 Å². The number of benzene rings is 1. The Balaban J connectivity index is 1.89. The molecule has 0 aliphatic heterocycles. The molecule has 0 fully saturated rings. The molecule has 0 saturated carbocycles. The first-order chi connectivity index (χ1) is 11.6. The van der Waals surface area contributed by atoms with Crippen molar-refractivity contribution in [1.82, 2.24) is 14.5 Å². The van der Waals surface area contributed by atoms with Gasteiger partial charge in [0.25, 0.3) is 0 Å². The third-order valence-electron chi connectivity index (χ3n) is 4.62. The molecule has 0 unspecified atom stereocenters. The molecule has 0 bridgehead atoms. The van der Waals surface area contributed by atoms with Gasteiger partial charge in [0.2, 0.25) is 0 Å². The second-order valence-corrected chi connectivity index (χ2v) is 6.03. The third-order valence-corrected chi connectivity index (χ3v) is 4.62. The SMILES string of the molecule is COc1ccc(-c2nccn2CCc2ncccc2C)c(C)c1C. The molecule has 0 saturated heterocycles. The summed E-state index contributed by atoms with van der Waals surface area (Å²) in [6.45, 7) is 7.17. The number of hydrogen-bond donors (Lipinski definition) is 0. The van der Waals surface area contributed by atoms with Gasteiger partial charge in [-0.3, -0.25) is 4.98 Å². The molecule has 0 aliphatic rings. The Labute approximate surface area is 143 Å². The minimum absolute atomic E-state index is 0.859. The van der Waals surface area contributed by atoms with Crippen molar-refractivity contribution in [3.8, 4) is 17.1 Å². The number of aryl methyl sites for hydroxylation is 3. The summed E-state index contributed by atoms with van der Waals surface area (Å²) in [7, 11) is 1.71. The topological polar surface area (TPSA) is 39.9 Å². The summed E-state index contributed by atoms with van der Waals surface area (Å²) in [5.74, 6) is 1.91. The number of hydrogen-bond acceptors (Lipinski definition) is 3. The van der Waals surface area contributed by atoms with Crippen LogP contribution in [0, 0.1) is 20.8 Å². The van der Waals surface area contributed by atoms with Gasteiger partial charge in [-0.25, -0.2) is 4.98 Å². The van der Waals surface area contributed by atoms with Gasteiger partial charge in [0.05, 0.1) is 7.11 Å². The Bertz CT molecular complexity index is 852. The number of nitrogens with zero attached hydrogens (tertiary/aromatic N) is 3. The van der Waals surface area contributed by atoms with Gasteiger partial charge in [-0.1, -0.05) is 6.07 Å². The van der Waals surface area contributed by atoms with Crippen molar-refractivity contribution >= 4 is 0 Å². The highest BCUT2D eigenvalue weighted by atomic mass is 16.5. The first-order valence-electron chi connectivity index (χ1n) is 8.18. The molecule has 3 rings (SSSR count). The summed E-state index contributed by atoms with van der Waals surface area (Å²) < 4.78 is 7.61. The predicted molar refractivity (Wildman–Crippen MR) is 96.4 cm³/mol. The summed E-state index contributed by atoms with van der Waals surface area (Å²) in [4.78, 5) is 9.06. The maximum absolute atomic E-state index is 5.41. The molecule has 0 amide bonds. The average Bonchev–Trinajstić information content (AvgIpc) is 3.05. The maximum atomic E-state index is 5.41. The van der Waals surface area contributed by atoms with Gasteiger partial charge < -0.3 is 9.30 Å². The third kappa shape index (κ3) is 3.04. The molecule has 3 aromatic rings. The molecule has 1 aromatic carbocycles. The van der Waals surface area contributed by atoms with Crippen molar-refractivity contribution in [2.24, 2.45) is 0 Å². The highest BCUT2D eigenvalue weighted by Crippen LogP contribution is 2.30. The van der Waals surface area contributed by atoms with Gasteiger partial charge >= 0.3 is 0 Å². The normalized spacial score (nSPS) is 10.8. The fourth-order valence-corrected chi connectivity index (χ4v) is 3.00. The monoisotopic (exact) mass is 321 g/mol. The van der Waals surface area contributed by atoms with Crippen molar-refractivity contribution < 1.29 is 4.74 Å². The average molecular weight is 321 g/mol. The quantitative estimate of drug-likeness (QED) is 0.709. The van der Waals surface area contributed by atoms with Crippen LogP contribution < -0.4 is 4.74 Å². The molecule has 0 N–H and O–H groups in total. The van der Waals surface area contributed by atoms with E-state index < -0.39 is 0 Å². The molecule has 0 aliphatic carbocycles. The van der Waals surface area contributed by atoms with E-state index in [1.165, 1.54) is 11.1 Å². The van der Waals surface area contributed by atoms with Crippen LogP contribution in [0.4, 0.5) is 0 Å². The summed E-state index contributed by atoms with van der Waals surface area (Å²) in [6.07, 6.45) is 6.64. The van der Waals surface area contributed by atoms with Crippen LogP contribution in [0.25, 0.3) is 11.4 Å². The van der Waals surface area contributed by atoms with Crippen molar-refractivity contribution in [3.05, 3.63) is 65.2 Å². The van der Waals surface area contributed by atoms with E-state index in [9.17, 15) is 0 Å². The maximum Gasteiger partial charge on any atom is 0.140 e. The zero-order valence-corrected chi connectivity index (χ0v) is 14.7. The van der Waals surface area contributed by atoms with Gasteiger partial charge in [0.1, 0.15) is 11.6 Å². The fourth-order valence-electron chi connectivity index (χ4n) is 3.00. The number of aromatic nitrogens is 3. The first kappa shape index (κ1) is 16.2. The lowest BCUT2D eigenvalue weighted by atomic mass is 10.0. The number of pyridine rings is 1. The number of ether oxygens (including phenoxy) is 1. The number of imidazole rings is 1. The summed E-state index contributed by atoms with van der Waals surface area (Å²) in [6, 6.07) is 8.19. The largest absolute Gasteiger partial charge is 0.496 e. The zero-order chi connectivity index (χ0) is 17.1. The minimum atomic E-state index is 0.859. The summed E-state index contributed by atoms with van der Waals surface area (Å²) >= 11 is 0. The van der Waals surface area contributed by atoms with E-state index in [1.807, 2.05) is 30.7 Å². The van der Waals surface area contributed by atoms with Crippen LogP contribution in [0.1, 0.15) is 22.4 Å². The molecular formula is C20H23N3O. The number of rotatable bonds is 5. The lowest BCUT2D eigenvalue weighted by Crippen LogP contribution is -2.06. The van der Waals surface area contributed by atoms with E-state index in [2.05, 4.69) is 47.4 Å². The lowest BCUT2D eigenvalue weighted by molar-refractivity contribution is 0.411. The molecule has 0 atom stereocenters. The molecule has 24 heavy (non-hydrogen) atoms. The molecule has 2 heterocycles. The minimum Gasteiger partial charge on any atom is -0.496 e. The van der Waals surface area contributed by atoms with Crippen molar-refractivity contribution in [2.75, 3.05) is 7.11 Å². The van der Waals surface area contributed by atoms with Crippen LogP contribution in [-0.4, -0.2) is 21.6 Å². The van der Waals surface area contributed by atoms with Crippen LogP contribution in [0.5, 0.6) is 5.75 Å². The summed E-state index contributed by atoms with van der Waals surface area (Å²) in [5, 5.41) is 0. The van der Waals surface area contributed by atoms with E-state index in [4.69, 9.17) is 4.74 Å². The van der Waals surface area contributed by atoms with Crippen LogP contribution in [0.2, 0.25) is 0 Å². The van der Waals surface area contributed by atoms with Crippen LogP contribution in [0.15, 0.2) is 42.9 Å². The van der Waals surface area contributed by atoms with Crippen molar-refractivity contribution in [1.29, 1.82) is 0 Å². The van der Waals surface area contributed by atoms with Crippen molar-refractivity contribution in [2.45, 2.75) is 33.7 Å². The highest BCUT2D eigenvalue weighted by Gasteiger charge is 2.13.